The first-order valence-corrected chi connectivity index (χ1v) is 5.72. The van der Waals surface area contributed by atoms with E-state index in [2.05, 4.69) is 4.98 Å². The fourth-order valence-electron chi connectivity index (χ4n) is 1.46. The summed E-state index contributed by atoms with van der Waals surface area (Å²) in [5.41, 5.74) is 0.617. The van der Waals surface area contributed by atoms with Gasteiger partial charge < -0.3 is 14.8 Å². The number of ether oxygens (including phenoxy) is 1. The summed E-state index contributed by atoms with van der Waals surface area (Å²) >= 11 is 5.46. The van der Waals surface area contributed by atoms with Gasteiger partial charge in [0.25, 0.3) is 0 Å². The van der Waals surface area contributed by atoms with Crippen LogP contribution in [0.3, 0.4) is 0 Å². The number of pyridine rings is 1. The number of aliphatic hydroxyl groups is 1. The third-order valence-corrected chi connectivity index (χ3v) is 2.67. The van der Waals surface area contributed by atoms with Crippen LogP contribution in [0, 0.1) is 0 Å². The molecule has 1 aromatic heterocycles. The van der Waals surface area contributed by atoms with E-state index in [1.807, 2.05) is 0 Å². The first kappa shape index (κ1) is 12.0. The maximum Gasteiger partial charge on any atom is 0.248 e. The fraction of sp³-hybridized carbons (Fsp3) is 0.250. The van der Waals surface area contributed by atoms with Gasteiger partial charge in [0.2, 0.25) is 5.56 Å². The summed E-state index contributed by atoms with van der Waals surface area (Å²) in [6.45, 7) is 0.151. The summed E-state index contributed by atoms with van der Waals surface area (Å²) in [5, 5.41) is 10.1. The minimum atomic E-state index is -0.678. The van der Waals surface area contributed by atoms with Gasteiger partial charge in [-0.25, -0.2) is 0 Å². The number of rotatable bonds is 4. The molecule has 1 atom stereocenters. The number of aromatic amines is 1. The molecule has 2 aromatic rings. The topological polar surface area (TPSA) is 62.3 Å². The lowest BCUT2D eigenvalue weighted by Gasteiger charge is -2.10. The number of alkyl halides is 1. The average molecular weight is 254 g/mol. The fourth-order valence-corrected chi connectivity index (χ4v) is 1.55. The van der Waals surface area contributed by atoms with Crippen molar-refractivity contribution in [2.24, 2.45) is 0 Å². The van der Waals surface area contributed by atoms with Gasteiger partial charge in [-0.05, 0) is 24.3 Å². The molecule has 2 N–H and O–H groups in total. The van der Waals surface area contributed by atoms with Gasteiger partial charge in [-0.15, -0.1) is 11.6 Å². The van der Waals surface area contributed by atoms with E-state index in [9.17, 15) is 9.90 Å². The number of H-pyrrole nitrogens is 1. The van der Waals surface area contributed by atoms with Gasteiger partial charge in [0.15, 0.2) is 0 Å². The number of aromatic nitrogens is 1. The van der Waals surface area contributed by atoms with Crippen molar-refractivity contribution in [1.29, 1.82) is 0 Å². The predicted molar refractivity (Wildman–Crippen MR) is 66.8 cm³/mol. The lowest BCUT2D eigenvalue weighted by atomic mass is 10.2. The number of aliphatic hydroxyl groups excluding tert-OH is 1. The molecule has 1 aromatic carbocycles. The molecule has 0 spiro atoms. The first-order chi connectivity index (χ1) is 8.19. The normalized spacial score (nSPS) is 12.6. The number of fused-ring (bicyclic) bond motifs is 1. The Hall–Kier alpha value is -1.52. The molecule has 1 heterocycles. The van der Waals surface area contributed by atoms with E-state index >= 15 is 0 Å². The summed E-state index contributed by atoms with van der Waals surface area (Å²) in [5.74, 6) is 0.773. The molecule has 4 nitrogen and oxygen atoms in total. The van der Waals surface area contributed by atoms with Crippen molar-refractivity contribution in [3.8, 4) is 5.75 Å². The van der Waals surface area contributed by atoms with E-state index in [0.717, 1.165) is 10.9 Å². The van der Waals surface area contributed by atoms with E-state index in [4.69, 9.17) is 16.3 Å². The van der Waals surface area contributed by atoms with Crippen LogP contribution in [0.2, 0.25) is 0 Å². The van der Waals surface area contributed by atoms with Crippen molar-refractivity contribution in [2.75, 3.05) is 12.5 Å². The quantitative estimate of drug-likeness (QED) is 0.812. The van der Waals surface area contributed by atoms with Gasteiger partial charge in [0.1, 0.15) is 18.5 Å². The molecule has 90 valence electrons. The van der Waals surface area contributed by atoms with Crippen molar-refractivity contribution >= 4 is 22.5 Å². The molecule has 0 aliphatic heterocycles. The Kier molecular flexibility index (Phi) is 3.66. The van der Waals surface area contributed by atoms with Crippen molar-refractivity contribution in [1.82, 2.24) is 4.98 Å². The van der Waals surface area contributed by atoms with Gasteiger partial charge in [0.05, 0.1) is 5.88 Å². The van der Waals surface area contributed by atoms with Gasteiger partial charge in [0, 0.05) is 17.0 Å². The van der Waals surface area contributed by atoms with E-state index in [1.165, 1.54) is 6.07 Å². The molecule has 0 unspecified atom stereocenters. The predicted octanol–water partition coefficient (Wildman–Crippen LogP) is 1.51. The second-order valence-electron chi connectivity index (χ2n) is 3.69. The third kappa shape index (κ3) is 2.99. The van der Waals surface area contributed by atoms with Gasteiger partial charge in [-0.3, -0.25) is 4.79 Å². The highest BCUT2D eigenvalue weighted by molar-refractivity contribution is 6.18. The Balaban J connectivity index is 2.20. The van der Waals surface area contributed by atoms with E-state index in [0.29, 0.717) is 5.75 Å². The standard InChI is InChI=1S/C12H12ClNO3/c13-6-9(15)7-17-10-2-3-11-8(5-10)1-4-12(16)14-11/h1-5,9,15H,6-7H2,(H,14,16)/t9-/m1/s1. The third-order valence-electron chi connectivity index (χ3n) is 2.32. The molecular weight excluding hydrogens is 242 g/mol. The SMILES string of the molecule is O=c1ccc2cc(OC[C@H](O)CCl)ccc2[nH]1. The van der Waals surface area contributed by atoms with Crippen LogP contribution < -0.4 is 10.3 Å². The number of benzene rings is 1. The van der Waals surface area contributed by atoms with Crippen LogP contribution in [-0.4, -0.2) is 28.7 Å². The van der Waals surface area contributed by atoms with Crippen LogP contribution >= 0.6 is 11.6 Å². The molecule has 0 radical (unpaired) electrons. The van der Waals surface area contributed by atoms with Crippen LogP contribution in [0.5, 0.6) is 5.75 Å². The van der Waals surface area contributed by atoms with E-state index < -0.39 is 6.10 Å². The van der Waals surface area contributed by atoms with Crippen LogP contribution in [0.4, 0.5) is 0 Å². The van der Waals surface area contributed by atoms with Gasteiger partial charge in [-0.1, -0.05) is 0 Å². The molecule has 0 bridgehead atoms. The van der Waals surface area contributed by atoms with Crippen LogP contribution in [0.25, 0.3) is 10.9 Å². The second kappa shape index (κ2) is 5.21. The van der Waals surface area contributed by atoms with Crippen LogP contribution in [0.15, 0.2) is 35.1 Å². The first-order valence-electron chi connectivity index (χ1n) is 5.19. The van der Waals surface area contributed by atoms with E-state index in [-0.39, 0.29) is 18.0 Å². The number of hydrogen-bond acceptors (Lipinski definition) is 3. The van der Waals surface area contributed by atoms with Crippen LogP contribution in [0.1, 0.15) is 0 Å². The largest absolute Gasteiger partial charge is 0.491 e. The molecule has 0 saturated heterocycles. The highest BCUT2D eigenvalue weighted by Crippen LogP contribution is 2.18. The van der Waals surface area contributed by atoms with Gasteiger partial charge >= 0.3 is 0 Å². The maximum atomic E-state index is 11.1. The number of hydrogen-bond donors (Lipinski definition) is 2. The minimum Gasteiger partial charge on any atom is -0.491 e. The Labute approximate surface area is 103 Å². The molecular formula is C12H12ClNO3. The highest BCUT2D eigenvalue weighted by Gasteiger charge is 2.03. The van der Waals surface area contributed by atoms with E-state index in [1.54, 1.807) is 24.3 Å². The zero-order chi connectivity index (χ0) is 12.3. The van der Waals surface area contributed by atoms with Crippen molar-refractivity contribution in [2.45, 2.75) is 6.10 Å². The second-order valence-corrected chi connectivity index (χ2v) is 4.00. The summed E-state index contributed by atoms with van der Waals surface area (Å²) in [7, 11) is 0. The van der Waals surface area contributed by atoms with Crippen molar-refractivity contribution in [3.63, 3.8) is 0 Å². The smallest absolute Gasteiger partial charge is 0.248 e. The molecule has 0 amide bonds. The number of nitrogens with one attached hydrogen (secondary N) is 1. The molecule has 0 saturated carbocycles. The number of halogens is 1. The monoisotopic (exact) mass is 253 g/mol. The molecule has 0 fully saturated rings. The summed E-state index contributed by atoms with van der Waals surface area (Å²) in [6.07, 6.45) is -0.678. The maximum absolute atomic E-state index is 11.1. The van der Waals surface area contributed by atoms with Crippen molar-refractivity contribution in [3.05, 3.63) is 40.7 Å². The van der Waals surface area contributed by atoms with Gasteiger partial charge in [-0.2, -0.15) is 0 Å². The highest BCUT2D eigenvalue weighted by atomic mass is 35.5. The Bertz CT molecular complexity index is 567. The Morgan fingerprint density at radius 1 is 1.35 bits per heavy atom. The zero-order valence-corrected chi connectivity index (χ0v) is 9.78. The van der Waals surface area contributed by atoms with Crippen molar-refractivity contribution < 1.29 is 9.84 Å². The minimum absolute atomic E-state index is 0.135. The van der Waals surface area contributed by atoms with Crippen LogP contribution in [-0.2, 0) is 0 Å². The molecule has 0 aliphatic carbocycles. The lowest BCUT2D eigenvalue weighted by Crippen LogP contribution is -2.18. The zero-order valence-electron chi connectivity index (χ0n) is 9.02. The summed E-state index contributed by atoms with van der Waals surface area (Å²) < 4.78 is 5.37. The molecule has 0 aliphatic rings. The molecule has 2 rings (SSSR count). The molecule has 5 heteroatoms. The lowest BCUT2D eigenvalue weighted by molar-refractivity contribution is 0.125. The molecule has 17 heavy (non-hydrogen) atoms. The average Bonchev–Trinajstić information content (AvgIpc) is 2.35. The summed E-state index contributed by atoms with van der Waals surface area (Å²) in [4.78, 5) is 13.8. The Morgan fingerprint density at radius 2 is 2.18 bits per heavy atom. The Morgan fingerprint density at radius 3 is 2.94 bits per heavy atom. The summed E-state index contributed by atoms with van der Waals surface area (Å²) in [6, 6.07) is 8.48.